The van der Waals surface area contributed by atoms with E-state index in [1.165, 1.54) is 99.1 Å². The van der Waals surface area contributed by atoms with Crippen LogP contribution < -0.4 is 0 Å². The van der Waals surface area contributed by atoms with E-state index in [-0.39, 0.29) is 5.41 Å². The van der Waals surface area contributed by atoms with Crippen molar-refractivity contribution in [2.75, 3.05) is 0 Å². The minimum absolute atomic E-state index is 0.250. The maximum Gasteiger partial charge on any atom is 0.164 e. The van der Waals surface area contributed by atoms with Crippen LogP contribution in [0, 0.1) is 0 Å². The van der Waals surface area contributed by atoms with E-state index in [0.717, 1.165) is 67.1 Å². The summed E-state index contributed by atoms with van der Waals surface area (Å²) in [5, 5.41) is 7.62. The van der Waals surface area contributed by atoms with Gasteiger partial charge in [0.15, 0.2) is 17.5 Å². The first-order chi connectivity index (χ1) is 44.4. The molecule has 2 heterocycles. The third kappa shape index (κ3) is 8.17. The van der Waals surface area contributed by atoms with Gasteiger partial charge in [-0.05, 0) is 176 Å². The van der Waals surface area contributed by atoms with Crippen LogP contribution in [-0.2, 0) is 5.41 Å². The molecule has 2 aliphatic carbocycles. The second-order valence-electron chi connectivity index (χ2n) is 24.5. The summed E-state index contributed by atoms with van der Waals surface area (Å²) in [6, 6.07) is 108. The molecule has 0 unspecified atom stereocenters. The van der Waals surface area contributed by atoms with E-state index in [2.05, 4.69) is 297 Å². The summed E-state index contributed by atoms with van der Waals surface area (Å²) in [7, 11) is 0. The molecule has 0 spiro atoms. The summed E-state index contributed by atoms with van der Waals surface area (Å²) in [5.41, 5.74) is 26.3. The van der Waals surface area contributed by atoms with Crippen molar-refractivity contribution in [1.29, 1.82) is 0 Å². The summed E-state index contributed by atoms with van der Waals surface area (Å²) in [4.78, 5) is 21.0. The van der Waals surface area contributed by atoms with Crippen molar-refractivity contribution in [3.05, 3.63) is 308 Å². The lowest BCUT2D eigenvalue weighted by Gasteiger charge is -2.23. The highest BCUT2D eigenvalue weighted by Crippen LogP contribution is 2.56. The summed E-state index contributed by atoms with van der Waals surface area (Å²) in [6.07, 6.45) is 0. The van der Waals surface area contributed by atoms with Crippen molar-refractivity contribution in [1.82, 2.24) is 24.5 Å². The highest BCUT2D eigenvalue weighted by Gasteiger charge is 2.36. The number of imidazole rings is 1. The van der Waals surface area contributed by atoms with Crippen LogP contribution in [0.3, 0.4) is 0 Å². The fourth-order valence-corrected chi connectivity index (χ4v) is 14.6. The fraction of sp³-hybridized carbons (Fsp3) is 0.0353. The molecule has 5 nitrogen and oxygen atoms in total. The molecule has 90 heavy (non-hydrogen) atoms. The van der Waals surface area contributed by atoms with Gasteiger partial charge in [-0.3, -0.25) is 4.57 Å². The Hall–Kier alpha value is -11.7. The smallest absolute Gasteiger partial charge is 0.164 e. The average molecular weight is 1150 g/mol. The van der Waals surface area contributed by atoms with Crippen LogP contribution in [0.1, 0.15) is 25.0 Å². The number of rotatable bonds is 10. The first kappa shape index (κ1) is 51.6. The van der Waals surface area contributed by atoms with E-state index in [1.54, 1.807) is 0 Å². The lowest BCUT2D eigenvalue weighted by atomic mass is 9.80. The third-order valence-corrected chi connectivity index (χ3v) is 19.0. The van der Waals surface area contributed by atoms with Gasteiger partial charge in [-0.1, -0.05) is 257 Å². The Morgan fingerprint density at radius 3 is 1.41 bits per heavy atom. The number of hydrogen-bond donors (Lipinski definition) is 0. The van der Waals surface area contributed by atoms with Gasteiger partial charge >= 0.3 is 0 Å². The number of aromatic nitrogens is 5. The molecule has 0 fully saturated rings. The van der Waals surface area contributed by atoms with Gasteiger partial charge in [-0.2, -0.15) is 0 Å². The fourth-order valence-electron chi connectivity index (χ4n) is 14.6. The summed E-state index contributed by atoms with van der Waals surface area (Å²) >= 11 is 0. The maximum atomic E-state index is 5.36. The van der Waals surface area contributed by atoms with Gasteiger partial charge < -0.3 is 0 Å². The van der Waals surface area contributed by atoms with E-state index in [1.807, 2.05) is 18.2 Å². The quantitative estimate of drug-likeness (QED) is 0.128. The van der Waals surface area contributed by atoms with E-state index in [9.17, 15) is 0 Å². The largest absolute Gasteiger partial charge is 0.292 e. The lowest BCUT2D eigenvalue weighted by molar-refractivity contribution is 0.663. The lowest BCUT2D eigenvalue weighted by Crippen LogP contribution is -2.15. The van der Waals surface area contributed by atoms with Gasteiger partial charge in [0.2, 0.25) is 0 Å². The molecule has 0 saturated carbocycles. The van der Waals surface area contributed by atoms with Crippen molar-refractivity contribution in [2.24, 2.45) is 0 Å². The molecule has 0 radical (unpaired) electrons. The molecule has 0 N–H and O–H groups in total. The van der Waals surface area contributed by atoms with Crippen molar-refractivity contribution in [3.63, 3.8) is 0 Å². The van der Waals surface area contributed by atoms with Crippen molar-refractivity contribution in [3.8, 4) is 129 Å². The molecular weight excluding hydrogens is 1090 g/mol. The van der Waals surface area contributed by atoms with Crippen molar-refractivity contribution < 1.29 is 0 Å². The van der Waals surface area contributed by atoms with Crippen molar-refractivity contribution in [2.45, 2.75) is 19.3 Å². The van der Waals surface area contributed by atoms with Crippen LogP contribution in [0.25, 0.3) is 172 Å². The second-order valence-corrected chi connectivity index (χ2v) is 24.5. The molecule has 2 aromatic heterocycles. The zero-order chi connectivity index (χ0) is 59.6. The van der Waals surface area contributed by atoms with Gasteiger partial charge in [0.05, 0.1) is 11.0 Å². The van der Waals surface area contributed by atoms with Crippen LogP contribution in [0.2, 0.25) is 0 Å². The molecule has 14 aromatic carbocycles. The van der Waals surface area contributed by atoms with Gasteiger partial charge in [0, 0.05) is 33.4 Å². The van der Waals surface area contributed by atoms with Crippen LogP contribution in [0.15, 0.2) is 297 Å². The molecule has 420 valence electrons. The molecule has 16 aromatic rings. The van der Waals surface area contributed by atoms with E-state index in [0.29, 0.717) is 17.5 Å². The normalized spacial score (nSPS) is 12.6. The van der Waals surface area contributed by atoms with Crippen LogP contribution in [0.4, 0.5) is 0 Å². The second kappa shape index (κ2) is 20.2. The average Bonchev–Trinajstić information content (AvgIpc) is 1.57. The SMILES string of the molecule is CC1(C)c2cc(-c3ccccc3)cc3ccc4cc(-c5nc(-c6ccccc6)nc(-c6cccc(-c7ccc(-c8ccc(-c9ccccc9)c9c8-c8ccc(-c%10ccc(-c%11nc%12ccccc%12n%11-c%11ccccc%11)cc%10)c%10cccc-9c8%10)cc7)c6)n5)cc1c4c23. The van der Waals surface area contributed by atoms with E-state index >= 15 is 0 Å². The topological polar surface area (TPSA) is 56.5 Å². The predicted molar refractivity (Wildman–Crippen MR) is 372 cm³/mol. The van der Waals surface area contributed by atoms with Crippen LogP contribution >= 0.6 is 0 Å². The summed E-state index contributed by atoms with van der Waals surface area (Å²) in [6.45, 7) is 4.72. The van der Waals surface area contributed by atoms with Crippen LogP contribution in [-0.4, -0.2) is 24.5 Å². The van der Waals surface area contributed by atoms with Gasteiger partial charge in [-0.25, -0.2) is 19.9 Å². The minimum Gasteiger partial charge on any atom is -0.292 e. The van der Waals surface area contributed by atoms with E-state index in [4.69, 9.17) is 19.9 Å². The summed E-state index contributed by atoms with van der Waals surface area (Å²) < 4.78 is 2.26. The van der Waals surface area contributed by atoms with Crippen LogP contribution in [0.5, 0.6) is 0 Å². The number of nitrogens with zero attached hydrogens (tertiary/aromatic N) is 5. The Balaban J connectivity index is 0.702. The molecule has 0 saturated heterocycles. The number of para-hydroxylation sites is 3. The number of hydrogen-bond acceptors (Lipinski definition) is 4. The summed E-state index contributed by atoms with van der Waals surface area (Å²) in [5.74, 6) is 2.84. The Morgan fingerprint density at radius 1 is 0.278 bits per heavy atom. The Bertz CT molecular complexity index is 5580. The molecule has 5 heteroatoms. The van der Waals surface area contributed by atoms with Crippen molar-refractivity contribution >= 4 is 43.4 Å². The number of fused-ring (bicyclic) bond motifs is 4. The molecular formula is C85H55N5. The highest BCUT2D eigenvalue weighted by molar-refractivity contribution is 6.23. The molecule has 0 aliphatic heterocycles. The Labute approximate surface area is 521 Å². The molecule has 0 bridgehead atoms. The highest BCUT2D eigenvalue weighted by atomic mass is 15.1. The van der Waals surface area contributed by atoms with Gasteiger partial charge in [0.1, 0.15) is 5.82 Å². The minimum atomic E-state index is -0.250. The van der Waals surface area contributed by atoms with E-state index < -0.39 is 0 Å². The molecule has 18 rings (SSSR count). The number of benzene rings is 14. The predicted octanol–water partition coefficient (Wildman–Crippen LogP) is 22.0. The monoisotopic (exact) mass is 1150 g/mol. The van der Waals surface area contributed by atoms with Gasteiger partial charge in [0.25, 0.3) is 0 Å². The molecule has 0 amide bonds. The molecule has 2 aliphatic rings. The maximum absolute atomic E-state index is 5.36. The molecule has 0 atom stereocenters. The third-order valence-electron chi connectivity index (χ3n) is 19.0. The first-order valence-corrected chi connectivity index (χ1v) is 30.9. The Morgan fingerprint density at radius 2 is 0.733 bits per heavy atom. The Kier molecular flexibility index (Phi) is 11.6. The first-order valence-electron chi connectivity index (χ1n) is 30.9. The van der Waals surface area contributed by atoms with Gasteiger partial charge in [-0.15, -0.1) is 0 Å². The zero-order valence-electron chi connectivity index (χ0n) is 49.5. The zero-order valence-corrected chi connectivity index (χ0v) is 49.5. The standard InChI is InChI=1S/C85H55N5/c1-85(2)72-50-63(52-19-7-3-8-20-52)48-60-41-42-61-49-64(51-73(85)77(61)76(60)72)83-88-81(57-23-11-5-12-24-57)87-82(89-83)62-26-17-25-59(47-62)53-33-35-56(36-34-53)68-45-44-67(54-21-9-4-10-22-54)79-70-30-18-29-69-66(43-46-71(78(69)70)80(68)79)55-37-39-58(40-38-55)84-86-74-31-15-16-32-75(74)90(84)65-27-13-6-14-28-65/h3-51H,1-2H3.